The number of piperidine rings is 1. The highest BCUT2D eigenvalue weighted by Crippen LogP contribution is 2.29. The van der Waals surface area contributed by atoms with E-state index in [9.17, 15) is 0 Å². The molecule has 1 atom stereocenters. The van der Waals surface area contributed by atoms with Gasteiger partial charge < -0.3 is 5.32 Å². The Morgan fingerprint density at radius 1 is 1.15 bits per heavy atom. The second kappa shape index (κ2) is 7.97. The molecular weight excluding hydrogens is 344 g/mol. The highest BCUT2D eigenvalue weighted by molar-refractivity contribution is 7.10. The van der Waals surface area contributed by atoms with Crippen LogP contribution in [0.15, 0.2) is 47.8 Å². The van der Waals surface area contributed by atoms with E-state index in [0.29, 0.717) is 12.0 Å². The van der Waals surface area contributed by atoms with Crippen molar-refractivity contribution in [3.63, 3.8) is 0 Å². The van der Waals surface area contributed by atoms with Crippen LogP contribution in [0.3, 0.4) is 0 Å². The SMILES string of the molecule is CC1CCN(C(CNc2nnnn2-c2ccccc2)c2cccs2)CC1. The van der Waals surface area contributed by atoms with E-state index in [0.717, 1.165) is 31.2 Å². The third kappa shape index (κ3) is 3.78. The third-order valence-corrected chi connectivity index (χ3v) is 6.03. The number of rotatable bonds is 6. The fourth-order valence-electron chi connectivity index (χ4n) is 3.46. The van der Waals surface area contributed by atoms with Crippen LogP contribution in [-0.4, -0.2) is 44.7 Å². The first-order valence-electron chi connectivity index (χ1n) is 9.16. The van der Waals surface area contributed by atoms with Crippen LogP contribution in [0.25, 0.3) is 5.69 Å². The summed E-state index contributed by atoms with van der Waals surface area (Å²) in [5.74, 6) is 1.51. The van der Waals surface area contributed by atoms with Crippen LogP contribution in [0.4, 0.5) is 5.95 Å². The number of anilines is 1. The monoisotopic (exact) mass is 368 g/mol. The molecule has 0 saturated carbocycles. The number of benzene rings is 1. The molecule has 1 aliphatic heterocycles. The van der Waals surface area contributed by atoms with E-state index in [1.807, 2.05) is 41.7 Å². The van der Waals surface area contributed by atoms with Crippen LogP contribution < -0.4 is 5.32 Å². The van der Waals surface area contributed by atoms with Gasteiger partial charge in [-0.2, -0.15) is 4.68 Å². The average molecular weight is 369 g/mol. The standard InChI is InChI=1S/C19H24N6S/c1-15-9-11-24(12-10-15)17(18-8-5-13-26-18)14-20-19-21-22-23-25(19)16-6-3-2-4-7-16/h2-8,13,15,17H,9-12,14H2,1H3,(H,20,21,23). The first-order valence-corrected chi connectivity index (χ1v) is 10.0. The Hall–Kier alpha value is -2.25. The van der Waals surface area contributed by atoms with Crippen LogP contribution in [0.5, 0.6) is 0 Å². The minimum Gasteiger partial charge on any atom is -0.351 e. The van der Waals surface area contributed by atoms with Gasteiger partial charge >= 0.3 is 0 Å². The molecule has 0 aliphatic carbocycles. The van der Waals surface area contributed by atoms with Crippen molar-refractivity contribution in [1.82, 2.24) is 25.1 Å². The molecular formula is C19H24N6S. The van der Waals surface area contributed by atoms with Crippen molar-refractivity contribution in [2.75, 3.05) is 25.0 Å². The summed E-state index contributed by atoms with van der Waals surface area (Å²) >= 11 is 1.82. The summed E-state index contributed by atoms with van der Waals surface area (Å²) in [5, 5.41) is 17.8. The first-order chi connectivity index (χ1) is 12.8. The van der Waals surface area contributed by atoms with E-state index in [2.05, 4.69) is 50.2 Å². The van der Waals surface area contributed by atoms with E-state index < -0.39 is 0 Å². The number of hydrogen-bond donors (Lipinski definition) is 1. The molecule has 6 nitrogen and oxygen atoms in total. The van der Waals surface area contributed by atoms with Gasteiger partial charge in [-0.3, -0.25) is 4.90 Å². The number of nitrogens with one attached hydrogen (secondary N) is 1. The molecule has 0 spiro atoms. The molecule has 7 heteroatoms. The van der Waals surface area contributed by atoms with E-state index >= 15 is 0 Å². The van der Waals surface area contributed by atoms with Crippen molar-refractivity contribution < 1.29 is 0 Å². The highest BCUT2D eigenvalue weighted by Gasteiger charge is 2.25. The number of nitrogens with zero attached hydrogens (tertiary/aromatic N) is 5. The average Bonchev–Trinajstić information content (AvgIpc) is 3.36. The summed E-state index contributed by atoms with van der Waals surface area (Å²) in [6, 6.07) is 14.7. The van der Waals surface area contributed by atoms with Gasteiger partial charge in [-0.05, 0) is 65.9 Å². The smallest absolute Gasteiger partial charge is 0.247 e. The summed E-state index contributed by atoms with van der Waals surface area (Å²) in [4.78, 5) is 3.99. The summed E-state index contributed by atoms with van der Waals surface area (Å²) in [5.41, 5.74) is 0.958. The molecule has 1 unspecified atom stereocenters. The van der Waals surface area contributed by atoms with Gasteiger partial charge in [-0.25, -0.2) is 0 Å². The summed E-state index contributed by atoms with van der Waals surface area (Å²) in [6.45, 7) is 5.44. The Morgan fingerprint density at radius 2 is 1.96 bits per heavy atom. The molecule has 1 fully saturated rings. The Labute approximate surface area is 157 Å². The third-order valence-electron chi connectivity index (χ3n) is 5.05. The van der Waals surface area contributed by atoms with Crippen molar-refractivity contribution in [3.05, 3.63) is 52.7 Å². The lowest BCUT2D eigenvalue weighted by Gasteiger charge is -2.36. The van der Waals surface area contributed by atoms with Crippen molar-refractivity contribution in [2.24, 2.45) is 5.92 Å². The lowest BCUT2D eigenvalue weighted by atomic mass is 9.97. The summed E-state index contributed by atoms with van der Waals surface area (Å²) < 4.78 is 1.75. The van der Waals surface area contributed by atoms with Crippen LogP contribution in [0, 0.1) is 5.92 Å². The predicted octanol–water partition coefficient (Wildman–Crippen LogP) is 3.61. The van der Waals surface area contributed by atoms with Gasteiger partial charge in [-0.15, -0.1) is 11.3 Å². The topological polar surface area (TPSA) is 58.9 Å². The number of likely N-dealkylation sites (tertiary alicyclic amines) is 1. The molecule has 26 heavy (non-hydrogen) atoms. The van der Waals surface area contributed by atoms with Crippen LogP contribution in [0.1, 0.15) is 30.7 Å². The fraction of sp³-hybridized carbons (Fsp3) is 0.421. The maximum absolute atomic E-state index is 4.18. The van der Waals surface area contributed by atoms with Gasteiger partial charge in [-0.1, -0.05) is 36.3 Å². The second-order valence-corrected chi connectivity index (χ2v) is 7.86. The van der Waals surface area contributed by atoms with E-state index in [4.69, 9.17) is 0 Å². The second-order valence-electron chi connectivity index (χ2n) is 6.88. The summed E-state index contributed by atoms with van der Waals surface area (Å²) in [6.07, 6.45) is 2.53. The number of aromatic nitrogens is 4. The van der Waals surface area contributed by atoms with Crippen molar-refractivity contribution in [2.45, 2.75) is 25.8 Å². The zero-order valence-electron chi connectivity index (χ0n) is 15.0. The Morgan fingerprint density at radius 3 is 2.69 bits per heavy atom. The highest BCUT2D eigenvalue weighted by atomic mass is 32.1. The molecule has 0 bridgehead atoms. The van der Waals surface area contributed by atoms with Gasteiger partial charge in [0.05, 0.1) is 11.7 Å². The lowest BCUT2D eigenvalue weighted by Crippen LogP contribution is -2.39. The van der Waals surface area contributed by atoms with Gasteiger partial charge in [0.1, 0.15) is 0 Å². The Bertz CT molecular complexity index is 793. The van der Waals surface area contributed by atoms with Crippen LogP contribution in [0.2, 0.25) is 0 Å². The zero-order chi connectivity index (χ0) is 17.8. The molecule has 0 radical (unpaired) electrons. The van der Waals surface area contributed by atoms with Gasteiger partial charge in [0.2, 0.25) is 5.95 Å². The number of thiophene rings is 1. The molecule has 1 saturated heterocycles. The van der Waals surface area contributed by atoms with Crippen molar-refractivity contribution in [1.29, 1.82) is 0 Å². The number of tetrazole rings is 1. The van der Waals surface area contributed by atoms with Gasteiger partial charge in [0.15, 0.2) is 0 Å². The summed E-state index contributed by atoms with van der Waals surface area (Å²) in [7, 11) is 0. The minimum atomic E-state index is 0.350. The van der Waals surface area contributed by atoms with Gasteiger partial charge in [0.25, 0.3) is 0 Å². The normalized spacial score (nSPS) is 17.3. The fourth-order valence-corrected chi connectivity index (χ4v) is 4.32. The molecule has 2 aromatic heterocycles. The number of hydrogen-bond acceptors (Lipinski definition) is 6. The van der Waals surface area contributed by atoms with Crippen LogP contribution >= 0.6 is 11.3 Å². The Kier molecular flexibility index (Phi) is 5.26. The molecule has 1 aliphatic rings. The molecule has 136 valence electrons. The van der Waals surface area contributed by atoms with E-state index in [1.165, 1.54) is 17.7 Å². The first kappa shape index (κ1) is 17.2. The molecule has 0 amide bonds. The zero-order valence-corrected chi connectivity index (χ0v) is 15.8. The minimum absolute atomic E-state index is 0.350. The van der Waals surface area contributed by atoms with Crippen molar-refractivity contribution in [3.8, 4) is 5.69 Å². The molecule has 1 aromatic carbocycles. The maximum Gasteiger partial charge on any atom is 0.247 e. The largest absolute Gasteiger partial charge is 0.351 e. The predicted molar refractivity (Wildman–Crippen MR) is 105 cm³/mol. The Balaban J connectivity index is 1.50. The maximum atomic E-state index is 4.18. The quantitative estimate of drug-likeness (QED) is 0.720. The molecule has 3 aromatic rings. The molecule has 1 N–H and O–H groups in total. The number of para-hydroxylation sites is 1. The van der Waals surface area contributed by atoms with Crippen LogP contribution in [-0.2, 0) is 0 Å². The van der Waals surface area contributed by atoms with Crippen molar-refractivity contribution >= 4 is 17.3 Å². The van der Waals surface area contributed by atoms with Gasteiger partial charge in [0, 0.05) is 11.4 Å². The molecule has 3 heterocycles. The molecule has 4 rings (SSSR count). The van der Waals surface area contributed by atoms with E-state index in [1.54, 1.807) is 4.68 Å². The van der Waals surface area contributed by atoms with E-state index in [-0.39, 0.29) is 0 Å². The lowest BCUT2D eigenvalue weighted by molar-refractivity contribution is 0.145.